The first-order valence-corrected chi connectivity index (χ1v) is 7.82. The molecule has 2 N–H and O–H groups in total. The van der Waals surface area contributed by atoms with E-state index in [4.69, 9.17) is 17.3 Å². The largest absolute Gasteiger partial charge is 0.402 e. The Hall–Kier alpha value is -0.990. The second-order valence-electron chi connectivity index (χ2n) is 4.90. The number of benzene rings is 1. The quantitative estimate of drug-likeness (QED) is 0.853. The van der Waals surface area contributed by atoms with Gasteiger partial charge in [0.25, 0.3) is 0 Å². The molecule has 0 aliphatic rings. The lowest BCUT2D eigenvalue weighted by Gasteiger charge is -2.27. The van der Waals surface area contributed by atoms with E-state index in [-0.39, 0.29) is 15.6 Å². The minimum Gasteiger partial charge on any atom is -0.397 e. The van der Waals surface area contributed by atoms with E-state index >= 15 is 0 Å². The van der Waals surface area contributed by atoms with Gasteiger partial charge < -0.3 is 5.73 Å². The van der Waals surface area contributed by atoms with Crippen LogP contribution < -0.4 is 5.73 Å². The molecule has 0 aliphatic heterocycles. The molecule has 1 aromatic rings. The molecule has 21 heavy (non-hydrogen) atoms. The van der Waals surface area contributed by atoms with Crippen LogP contribution in [-0.4, -0.2) is 31.5 Å². The van der Waals surface area contributed by atoms with E-state index in [0.717, 1.165) is 6.07 Å². The summed E-state index contributed by atoms with van der Waals surface area (Å²) >= 11 is 5.83. The Balaban J connectivity index is 3.36. The van der Waals surface area contributed by atoms with Gasteiger partial charge in [-0.3, -0.25) is 0 Å². The molecule has 0 atom stereocenters. The molecular weight excluding hydrogens is 329 g/mol. The fourth-order valence-electron chi connectivity index (χ4n) is 1.77. The summed E-state index contributed by atoms with van der Waals surface area (Å²) in [6.07, 6.45) is -4.63. The van der Waals surface area contributed by atoms with Crippen LogP contribution in [0, 0.1) is 6.92 Å². The molecule has 0 bridgehead atoms. The van der Waals surface area contributed by atoms with Crippen LogP contribution in [0.1, 0.15) is 19.4 Å². The summed E-state index contributed by atoms with van der Waals surface area (Å²) in [5, 5.41) is 0.181. The van der Waals surface area contributed by atoms with Crippen LogP contribution in [0.4, 0.5) is 18.9 Å². The van der Waals surface area contributed by atoms with Gasteiger partial charge in [0, 0.05) is 6.04 Å². The number of nitrogens with zero attached hydrogens (tertiary/aromatic N) is 1. The normalized spacial score (nSPS) is 13.2. The Morgan fingerprint density at radius 3 is 2.24 bits per heavy atom. The smallest absolute Gasteiger partial charge is 0.397 e. The number of alkyl halides is 3. The molecule has 0 amide bonds. The third-order valence-corrected chi connectivity index (χ3v) is 5.29. The molecule has 9 heteroatoms. The number of halogens is 4. The standard InChI is InChI=1S/C12H16ClF3N2O2S/c1-7(2)18(6-12(14,15)16)21(19,20)9-4-8(3)11(13)10(17)5-9/h4-5,7H,6,17H2,1-3H3. The number of rotatable bonds is 4. The van der Waals surface area contributed by atoms with Crippen molar-refractivity contribution >= 4 is 27.3 Å². The fraction of sp³-hybridized carbons (Fsp3) is 0.500. The van der Waals surface area contributed by atoms with E-state index in [0.29, 0.717) is 9.87 Å². The second-order valence-corrected chi connectivity index (χ2v) is 7.17. The number of anilines is 1. The van der Waals surface area contributed by atoms with E-state index in [9.17, 15) is 21.6 Å². The first-order valence-electron chi connectivity index (χ1n) is 6.00. The molecule has 0 heterocycles. The summed E-state index contributed by atoms with van der Waals surface area (Å²) in [5.74, 6) is 0. The molecule has 120 valence electrons. The van der Waals surface area contributed by atoms with Gasteiger partial charge >= 0.3 is 6.18 Å². The molecule has 0 spiro atoms. The van der Waals surface area contributed by atoms with Crippen molar-refractivity contribution in [2.75, 3.05) is 12.3 Å². The lowest BCUT2D eigenvalue weighted by Crippen LogP contribution is -2.43. The zero-order chi connectivity index (χ0) is 16.6. The SMILES string of the molecule is Cc1cc(S(=O)(=O)N(CC(F)(F)F)C(C)C)cc(N)c1Cl. The highest BCUT2D eigenvalue weighted by atomic mass is 35.5. The number of nitrogen functional groups attached to an aromatic ring is 1. The number of aryl methyl sites for hydroxylation is 1. The van der Waals surface area contributed by atoms with Crippen LogP contribution in [0.25, 0.3) is 0 Å². The average Bonchev–Trinajstić information content (AvgIpc) is 2.30. The predicted octanol–water partition coefficient (Wildman–Crippen LogP) is 3.19. The third-order valence-electron chi connectivity index (χ3n) is 2.77. The molecule has 0 unspecified atom stereocenters. The summed E-state index contributed by atoms with van der Waals surface area (Å²) < 4.78 is 62.9. The zero-order valence-corrected chi connectivity index (χ0v) is 13.3. The van der Waals surface area contributed by atoms with Gasteiger partial charge in [-0.1, -0.05) is 11.6 Å². The van der Waals surface area contributed by atoms with E-state index in [1.165, 1.54) is 26.8 Å². The van der Waals surface area contributed by atoms with Gasteiger partial charge in [-0.05, 0) is 38.5 Å². The maximum atomic E-state index is 12.6. The predicted molar refractivity (Wildman–Crippen MR) is 75.7 cm³/mol. The molecule has 0 saturated heterocycles. The number of nitrogens with two attached hydrogens (primary N) is 1. The minimum absolute atomic E-state index is 0.00552. The molecular formula is C12H16ClF3N2O2S. The van der Waals surface area contributed by atoms with Crippen LogP contribution in [0.15, 0.2) is 17.0 Å². The van der Waals surface area contributed by atoms with Gasteiger partial charge in [0.2, 0.25) is 10.0 Å². The van der Waals surface area contributed by atoms with Crippen molar-refractivity contribution in [3.63, 3.8) is 0 Å². The highest BCUT2D eigenvalue weighted by molar-refractivity contribution is 7.89. The average molecular weight is 345 g/mol. The number of sulfonamides is 1. The molecule has 1 rings (SSSR count). The van der Waals surface area contributed by atoms with Crippen molar-refractivity contribution in [3.8, 4) is 0 Å². The van der Waals surface area contributed by atoms with Gasteiger partial charge in [0.15, 0.2) is 0 Å². The maximum absolute atomic E-state index is 12.6. The number of hydrogen-bond acceptors (Lipinski definition) is 3. The summed E-state index contributed by atoms with van der Waals surface area (Å²) in [7, 11) is -4.32. The van der Waals surface area contributed by atoms with Gasteiger partial charge in [0.05, 0.1) is 15.6 Å². The Bertz CT molecular complexity index is 607. The van der Waals surface area contributed by atoms with Crippen LogP contribution in [-0.2, 0) is 10.0 Å². The number of hydrogen-bond donors (Lipinski definition) is 1. The molecule has 0 fully saturated rings. The van der Waals surface area contributed by atoms with E-state index in [1.807, 2.05) is 0 Å². The Morgan fingerprint density at radius 1 is 1.33 bits per heavy atom. The molecule has 0 aromatic heterocycles. The van der Waals surface area contributed by atoms with E-state index < -0.39 is 28.8 Å². The van der Waals surface area contributed by atoms with Crippen molar-refractivity contribution in [2.45, 2.75) is 37.9 Å². The summed E-state index contributed by atoms with van der Waals surface area (Å²) in [4.78, 5) is -0.306. The summed E-state index contributed by atoms with van der Waals surface area (Å²) in [5.41, 5.74) is 5.97. The zero-order valence-electron chi connectivity index (χ0n) is 11.7. The van der Waals surface area contributed by atoms with Crippen LogP contribution in [0.3, 0.4) is 0 Å². The van der Waals surface area contributed by atoms with E-state index in [2.05, 4.69) is 0 Å². The van der Waals surface area contributed by atoms with Gasteiger partial charge in [0.1, 0.15) is 6.54 Å². The Kier molecular flexibility index (Phi) is 5.18. The molecule has 4 nitrogen and oxygen atoms in total. The molecule has 0 aliphatic carbocycles. The van der Waals surface area contributed by atoms with Crippen molar-refractivity contribution in [1.29, 1.82) is 0 Å². The summed E-state index contributed by atoms with van der Waals surface area (Å²) in [6.45, 7) is 2.71. The van der Waals surface area contributed by atoms with Gasteiger partial charge in [-0.2, -0.15) is 17.5 Å². The highest BCUT2D eigenvalue weighted by Gasteiger charge is 2.38. The first-order chi connectivity index (χ1) is 9.36. The second kappa shape index (κ2) is 6.02. The van der Waals surface area contributed by atoms with Crippen LogP contribution in [0.2, 0.25) is 5.02 Å². The molecule has 0 radical (unpaired) electrons. The van der Waals surface area contributed by atoms with Crippen molar-refractivity contribution in [3.05, 3.63) is 22.7 Å². The lowest BCUT2D eigenvalue weighted by atomic mass is 10.2. The molecule has 0 saturated carbocycles. The van der Waals surface area contributed by atoms with E-state index in [1.54, 1.807) is 0 Å². The summed E-state index contributed by atoms with van der Waals surface area (Å²) in [6, 6.07) is 1.42. The third kappa shape index (κ3) is 4.24. The van der Waals surface area contributed by atoms with Gasteiger partial charge in [-0.15, -0.1) is 0 Å². The topological polar surface area (TPSA) is 63.4 Å². The Morgan fingerprint density at radius 2 is 1.86 bits per heavy atom. The molecule has 1 aromatic carbocycles. The van der Waals surface area contributed by atoms with Crippen molar-refractivity contribution in [2.24, 2.45) is 0 Å². The Labute approximate surface area is 126 Å². The first kappa shape index (κ1) is 18.1. The maximum Gasteiger partial charge on any atom is 0.402 e. The van der Waals surface area contributed by atoms with Crippen LogP contribution in [0.5, 0.6) is 0 Å². The van der Waals surface area contributed by atoms with Gasteiger partial charge in [-0.25, -0.2) is 8.42 Å². The lowest BCUT2D eigenvalue weighted by molar-refractivity contribution is -0.138. The van der Waals surface area contributed by atoms with Crippen molar-refractivity contribution < 1.29 is 21.6 Å². The highest BCUT2D eigenvalue weighted by Crippen LogP contribution is 2.30. The monoisotopic (exact) mass is 344 g/mol. The minimum atomic E-state index is -4.63. The van der Waals surface area contributed by atoms with Crippen molar-refractivity contribution in [1.82, 2.24) is 4.31 Å². The van der Waals surface area contributed by atoms with Crippen LogP contribution >= 0.6 is 11.6 Å². The fourth-order valence-corrected chi connectivity index (χ4v) is 3.62.